The summed E-state index contributed by atoms with van der Waals surface area (Å²) in [4.78, 5) is 2.62. The molecule has 2 aliphatic carbocycles. The van der Waals surface area contributed by atoms with E-state index in [9.17, 15) is 0 Å². The molecule has 0 atom stereocenters. The maximum Gasteiger partial charge on any atom is 0.0366 e. The minimum Gasteiger partial charge on any atom is -0.371 e. The number of rotatable bonds is 7. The van der Waals surface area contributed by atoms with Crippen LogP contribution in [0.3, 0.4) is 0 Å². The van der Waals surface area contributed by atoms with Gasteiger partial charge in [-0.05, 0) is 62.3 Å². The molecule has 18 heavy (non-hydrogen) atoms. The van der Waals surface area contributed by atoms with Crippen molar-refractivity contribution in [2.24, 2.45) is 11.8 Å². The normalized spacial score (nSPS) is 18.9. The highest BCUT2D eigenvalue weighted by molar-refractivity contribution is 5.48. The number of nitrogens with one attached hydrogen (secondary N) is 1. The van der Waals surface area contributed by atoms with Crippen LogP contribution in [-0.2, 0) is 6.54 Å². The van der Waals surface area contributed by atoms with Crippen molar-refractivity contribution in [3.8, 4) is 0 Å². The van der Waals surface area contributed by atoms with E-state index >= 15 is 0 Å². The van der Waals surface area contributed by atoms with E-state index in [4.69, 9.17) is 0 Å². The first-order chi connectivity index (χ1) is 8.85. The van der Waals surface area contributed by atoms with Crippen LogP contribution in [0.4, 0.5) is 5.69 Å². The van der Waals surface area contributed by atoms with E-state index in [1.54, 1.807) is 0 Å². The largest absolute Gasteiger partial charge is 0.371 e. The molecule has 0 amide bonds. The topological polar surface area (TPSA) is 15.3 Å². The van der Waals surface area contributed by atoms with Gasteiger partial charge in [0.25, 0.3) is 0 Å². The maximum absolute atomic E-state index is 3.20. The molecule has 2 saturated carbocycles. The van der Waals surface area contributed by atoms with Crippen molar-refractivity contribution < 1.29 is 0 Å². The van der Waals surface area contributed by atoms with Gasteiger partial charge < -0.3 is 10.2 Å². The Bertz CT molecular complexity index is 363. The van der Waals surface area contributed by atoms with E-state index in [0.29, 0.717) is 0 Å². The summed E-state index contributed by atoms with van der Waals surface area (Å²) in [5.41, 5.74) is 2.80. The van der Waals surface area contributed by atoms with Crippen molar-refractivity contribution >= 4 is 5.69 Å². The monoisotopic (exact) mass is 244 g/mol. The molecule has 1 N–H and O–H groups in total. The first-order valence-corrected chi connectivity index (χ1v) is 7.33. The summed E-state index contributed by atoms with van der Waals surface area (Å²) in [6, 6.07) is 9.13. The fourth-order valence-corrected chi connectivity index (χ4v) is 2.54. The van der Waals surface area contributed by atoms with Crippen LogP contribution in [0.2, 0.25) is 0 Å². The lowest BCUT2D eigenvalue weighted by Gasteiger charge is -2.25. The Labute approximate surface area is 110 Å². The van der Waals surface area contributed by atoms with Crippen molar-refractivity contribution in [2.45, 2.75) is 32.2 Å². The van der Waals surface area contributed by atoms with E-state index in [1.165, 1.54) is 50.0 Å². The van der Waals surface area contributed by atoms with Crippen LogP contribution in [0.5, 0.6) is 0 Å². The molecule has 0 heterocycles. The van der Waals surface area contributed by atoms with Gasteiger partial charge in [-0.3, -0.25) is 0 Å². The Kier molecular flexibility index (Phi) is 3.55. The summed E-state index contributed by atoms with van der Waals surface area (Å²) in [6.45, 7) is 3.52. The Morgan fingerprint density at radius 1 is 1.00 bits per heavy atom. The minimum atomic E-state index is 0.964. The third-order valence-corrected chi connectivity index (χ3v) is 4.03. The molecule has 2 fully saturated rings. The second-order valence-corrected chi connectivity index (χ2v) is 5.99. The average Bonchev–Trinajstić information content (AvgIpc) is 3.25. The van der Waals surface area contributed by atoms with Crippen molar-refractivity contribution in [3.05, 3.63) is 29.8 Å². The molecule has 2 aliphatic rings. The molecule has 0 aliphatic heterocycles. The van der Waals surface area contributed by atoms with Crippen LogP contribution in [0.25, 0.3) is 0 Å². The van der Waals surface area contributed by atoms with E-state index < -0.39 is 0 Å². The van der Waals surface area contributed by atoms with Gasteiger partial charge in [-0.25, -0.2) is 0 Å². The van der Waals surface area contributed by atoms with Crippen LogP contribution < -0.4 is 10.2 Å². The molecule has 0 saturated heterocycles. The standard InChI is InChI=1S/C16H24N2/c1-17-10-13-6-8-16(9-7-13)18(11-14-2-3-14)12-15-4-5-15/h6-9,14-15,17H,2-5,10-12H2,1H3. The fraction of sp³-hybridized carbons (Fsp3) is 0.625. The molecule has 3 rings (SSSR count). The van der Waals surface area contributed by atoms with Crippen molar-refractivity contribution in [1.29, 1.82) is 0 Å². The van der Waals surface area contributed by atoms with E-state index in [0.717, 1.165) is 18.4 Å². The average molecular weight is 244 g/mol. The molecule has 1 aromatic carbocycles. The fourth-order valence-electron chi connectivity index (χ4n) is 2.54. The summed E-state index contributed by atoms with van der Waals surface area (Å²) in [5, 5.41) is 3.20. The van der Waals surface area contributed by atoms with Crippen LogP contribution in [0.15, 0.2) is 24.3 Å². The highest BCUT2D eigenvalue weighted by Gasteiger charge is 2.29. The van der Waals surface area contributed by atoms with Gasteiger partial charge >= 0.3 is 0 Å². The van der Waals surface area contributed by atoms with Crippen LogP contribution >= 0.6 is 0 Å². The van der Waals surface area contributed by atoms with Crippen LogP contribution in [0.1, 0.15) is 31.2 Å². The first-order valence-electron chi connectivity index (χ1n) is 7.33. The predicted octanol–water partition coefficient (Wildman–Crippen LogP) is 3.03. The molecular weight excluding hydrogens is 220 g/mol. The quantitative estimate of drug-likeness (QED) is 0.793. The molecule has 0 spiro atoms. The maximum atomic E-state index is 3.20. The highest BCUT2D eigenvalue weighted by atomic mass is 15.1. The summed E-state index contributed by atoms with van der Waals surface area (Å²) < 4.78 is 0. The third kappa shape index (κ3) is 3.26. The molecule has 0 radical (unpaired) electrons. The van der Waals surface area contributed by atoms with Gasteiger partial charge in [0.05, 0.1) is 0 Å². The van der Waals surface area contributed by atoms with Crippen molar-refractivity contribution in [1.82, 2.24) is 5.32 Å². The number of nitrogens with zero attached hydrogens (tertiary/aromatic N) is 1. The third-order valence-electron chi connectivity index (χ3n) is 4.03. The van der Waals surface area contributed by atoms with Gasteiger partial charge in [0.1, 0.15) is 0 Å². The summed E-state index contributed by atoms with van der Waals surface area (Å²) >= 11 is 0. The molecular formula is C16H24N2. The van der Waals surface area contributed by atoms with Crippen molar-refractivity contribution in [3.63, 3.8) is 0 Å². The number of hydrogen-bond donors (Lipinski definition) is 1. The molecule has 2 nitrogen and oxygen atoms in total. The summed E-state index contributed by atoms with van der Waals surface area (Å²) in [5.74, 6) is 1.95. The van der Waals surface area contributed by atoms with Gasteiger partial charge in [0.15, 0.2) is 0 Å². The highest BCUT2D eigenvalue weighted by Crippen LogP contribution is 2.35. The zero-order valence-corrected chi connectivity index (χ0v) is 11.4. The number of benzene rings is 1. The Hall–Kier alpha value is -1.02. The summed E-state index contributed by atoms with van der Waals surface area (Å²) in [6.07, 6.45) is 5.77. The SMILES string of the molecule is CNCc1ccc(N(CC2CC2)CC2CC2)cc1. The Balaban J connectivity index is 1.66. The molecule has 2 heteroatoms. The molecule has 0 aromatic heterocycles. The van der Waals surface area contributed by atoms with Gasteiger partial charge in [0, 0.05) is 25.3 Å². The lowest BCUT2D eigenvalue weighted by atomic mass is 10.1. The van der Waals surface area contributed by atoms with Gasteiger partial charge in [-0.2, -0.15) is 0 Å². The summed E-state index contributed by atoms with van der Waals surface area (Å²) in [7, 11) is 2.00. The van der Waals surface area contributed by atoms with E-state index in [1.807, 2.05) is 7.05 Å². The smallest absolute Gasteiger partial charge is 0.0366 e. The first kappa shape index (κ1) is 12.0. The second kappa shape index (κ2) is 5.31. The zero-order valence-electron chi connectivity index (χ0n) is 11.4. The van der Waals surface area contributed by atoms with Crippen LogP contribution in [-0.4, -0.2) is 20.1 Å². The van der Waals surface area contributed by atoms with Gasteiger partial charge in [-0.15, -0.1) is 0 Å². The minimum absolute atomic E-state index is 0.964. The molecule has 98 valence electrons. The lowest BCUT2D eigenvalue weighted by Crippen LogP contribution is -2.28. The predicted molar refractivity (Wildman–Crippen MR) is 76.9 cm³/mol. The van der Waals surface area contributed by atoms with E-state index in [2.05, 4.69) is 34.5 Å². The second-order valence-electron chi connectivity index (χ2n) is 5.99. The van der Waals surface area contributed by atoms with Gasteiger partial charge in [-0.1, -0.05) is 12.1 Å². The number of hydrogen-bond acceptors (Lipinski definition) is 2. The van der Waals surface area contributed by atoms with Crippen molar-refractivity contribution in [2.75, 3.05) is 25.0 Å². The number of anilines is 1. The van der Waals surface area contributed by atoms with Crippen LogP contribution in [0, 0.1) is 11.8 Å². The molecule has 0 unspecified atom stereocenters. The molecule has 0 bridgehead atoms. The molecule has 1 aromatic rings. The van der Waals surface area contributed by atoms with E-state index in [-0.39, 0.29) is 0 Å². The van der Waals surface area contributed by atoms with Gasteiger partial charge in [0.2, 0.25) is 0 Å². The lowest BCUT2D eigenvalue weighted by molar-refractivity contribution is 0.679. The Morgan fingerprint density at radius 2 is 1.56 bits per heavy atom. The zero-order chi connectivity index (χ0) is 12.4. The Morgan fingerprint density at radius 3 is 2.00 bits per heavy atom.